The van der Waals surface area contributed by atoms with Crippen molar-refractivity contribution in [3.8, 4) is 5.75 Å². The molecule has 20 heavy (non-hydrogen) atoms. The van der Waals surface area contributed by atoms with Crippen LogP contribution in [0, 0.1) is 6.92 Å². The zero-order valence-electron chi connectivity index (χ0n) is 11.8. The minimum atomic E-state index is -0.845. The number of hydrogen-bond donors (Lipinski definition) is 2. The molecule has 3 N–H and O–H groups in total. The Morgan fingerprint density at radius 2 is 2.15 bits per heavy atom. The Morgan fingerprint density at radius 1 is 1.45 bits per heavy atom. The summed E-state index contributed by atoms with van der Waals surface area (Å²) in [4.78, 5) is 12.8. The quantitative estimate of drug-likeness (QED) is 0.802. The second-order valence-electron chi connectivity index (χ2n) is 5.57. The molecule has 1 aromatic rings. The lowest BCUT2D eigenvalue weighted by Crippen LogP contribution is -2.39. The minimum Gasteiger partial charge on any atom is -0.491 e. The molecule has 1 heterocycles. The van der Waals surface area contributed by atoms with Crippen molar-refractivity contribution in [1.82, 2.24) is 4.90 Å². The summed E-state index contributed by atoms with van der Waals surface area (Å²) in [5.41, 5.74) is 5.46. The van der Waals surface area contributed by atoms with Gasteiger partial charge in [0.25, 0.3) is 0 Å². The lowest BCUT2D eigenvalue weighted by molar-refractivity contribution is -0.118. The molecule has 1 aromatic carbocycles. The molecule has 0 radical (unpaired) electrons. The van der Waals surface area contributed by atoms with Gasteiger partial charge in [0.2, 0.25) is 5.91 Å². The minimum absolute atomic E-state index is 0.267. The standard InChI is InChI=1S/C15H22N2O3/c1-12-2-4-13(5-3-12)20-11-15(19)7-9-17(10-15)8-6-14(16)18/h2-5,19H,6-11H2,1H3,(H2,16,18). The monoisotopic (exact) mass is 278 g/mol. The molecule has 1 unspecified atom stereocenters. The van der Waals surface area contributed by atoms with E-state index >= 15 is 0 Å². The summed E-state index contributed by atoms with van der Waals surface area (Å²) < 4.78 is 5.65. The Balaban J connectivity index is 1.80. The lowest BCUT2D eigenvalue weighted by Gasteiger charge is -2.23. The number of benzene rings is 1. The van der Waals surface area contributed by atoms with E-state index in [4.69, 9.17) is 10.5 Å². The highest BCUT2D eigenvalue weighted by molar-refractivity contribution is 5.73. The Kier molecular flexibility index (Phi) is 4.62. The summed E-state index contributed by atoms with van der Waals surface area (Å²) in [5.74, 6) is 0.455. The van der Waals surface area contributed by atoms with E-state index in [1.54, 1.807) is 0 Å². The molecule has 5 heteroatoms. The molecule has 0 bridgehead atoms. The number of aryl methyl sites for hydroxylation is 1. The maximum Gasteiger partial charge on any atom is 0.218 e. The van der Waals surface area contributed by atoms with Gasteiger partial charge in [0, 0.05) is 26.1 Å². The zero-order valence-corrected chi connectivity index (χ0v) is 11.8. The maximum absolute atomic E-state index is 10.8. The maximum atomic E-state index is 10.8. The van der Waals surface area contributed by atoms with E-state index in [-0.39, 0.29) is 12.5 Å². The van der Waals surface area contributed by atoms with Crippen LogP contribution in [0.3, 0.4) is 0 Å². The summed E-state index contributed by atoms with van der Waals surface area (Å²) >= 11 is 0. The zero-order chi connectivity index (χ0) is 14.6. The van der Waals surface area contributed by atoms with Gasteiger partial charge < -0.3 is 15.6 Å². The first-order valence-electron chi connectivity index (χ1n) is 6.89. The molecule has 1 atom stereocenters. The predicted octanol–water partition coefficient (Wildman–Crippen LogP) is 0.686. The largest absolute Gasteiger partial charge is 0.491 e. The van der Waals surface area contributed by atoms with Crippen molar-refractivity contribution >= 4 is 5.91 Å². The third kappa shape index (κ3) is 4.21. The molecule has 1 aliphatic rings. The van der Waals surface area contributed by atoms with Crippen molar-refractivity contribution < 1.29 is 14.6 Å². The van der Waals surface area contributed by atoms with Gasteiger partial charge in [0.1, 0.15) is 18.0 Å². The van der Waals surface area contributed by atoms with Gasteiger partial charge >= 0.3 is 0 Å². The number of carbonyl (C=O) groups is 1. The van der Waals surface area contributed by atoms with Gasteiger partial charge in [-0.1, -0.05) is 17.7 Å². The summed E-state index contributed by atoms with van der Waals surface area (Å²) in [7, 11) is 0. The van der Waals surface area contributed by atoms with Crippen molar-refractivity contribution in [2.45, 2.75) is 25.4 Å². The number of primary amides is 1. The van der Waals surface area contributed by atoms with Crippen molar-refractivity contribution in [1.29, 1.82) is 0 Å². The van der Waals surface area contributed by atoms with Gasteiger partial charge in [-0.25, -0.2) is 0 Å². The van der Waals surface area contributed by atoms with Crippen LogP contribution in [0.25, 0.3) is 0 Å². The van der Waals surface area contributed by atoms with Crippen LogP contribution in [-0.2, 0) is 4.79 Å². The third-order valence-corrected chi connectivity index (χ3v) is 3.61. The lowest BCUT2D eigenvalue weighted by atomic mass is 10.1. The Labute approximate surface area is 119 Å². The normalized spacial score (nSPS) is 22.9. The number of carbonyl (C=O) groups excluding carboxylic acids is 1. The van der Waals surface area contributed by atoms with E-state index in [2.05, 4.69) is 0 Å². The molecule has 1 amide bonds. The van der Waals surface area contributed by atoms with Crippen LogP contribution < -0.4 is 10.5 Å². The molecule has 5 nitrogen and oxygen atoms in total. The van der Waals surface area contributed by atoms with Crippen LogP contribution in [0.5, 0.6) is 5.75 Å². The molecule has 1 fully saturated rings. The van der Waals surface area contributed by atoms with E-state index < -0.39 is 5.60 Å². The average Bonchev–Trinajstić information content (AvgIpc) is 2.78. The van der Waals surface area contributed by atoms with Crippen LogP contribution in [0.4, 0.5) is 0 Å². The molecular weight excluding hydrogens is 256 g/mol. The van der Waals surface area contributed by atoms with Crippen LogP contribution in [-0.4, -0.2) is 47.8 Å². The number of amides is 1. The van der Waals surface area contributed by atoms with E-state index in [0.29, 0.717) is 25.9 Å². The molecular formula is C15H22N2O3. The first kappa shape index (κ1) is 14.8. The molecule has 1 saturated heterocycles. The van der Waals surface area contributed by atoms with Gasteiger partial charge in [-0.2, -0.15) is 0 Å². The Bertz CT molecular complexity index is 461. The topological polar surface area (TPSA) is 75.8 Å². The van der Waals surface area contributed by atoms with Crippen molar-refractivity contribution in [2.24, 2.45) is 5.73 Å². The van der Waals surface area contributed by atoms with E-state index in [9.17, 15) is 9.90 Å². The Morgan fingerprint density at radius 3 is 2.80 bits per heavy atom. The number of nitrogens with two attached hydrogens (primary N) is 1. The van der Waals surface area contributed by atoms with E-state index in [1.807, 2.05) is 36.1 Å². The van der Waals surface area contributed by atoms with Crippen LogP contribution in [0.15, 0.2) is 24.3 Å². The van der Waals surface area contributed by atoms with Gasteiger partial charge in [0.05, 0.1) is 0 Å². The molecule has 110 valence electrons. The van der Waals surface area contributed by atoms with Crippen LogP contribution in [0.1, 0.15) is 18.4 Å². The predicted molar refractivity (Wildman–Crippen MR) is 76.5 cm³/mol. The van der Waals surface area contributed by atoms with Gasteiger partial charge in [-0.15, -0.1) is 0 Å². The highest BCUT2D eigenvalue weighted by Crippen LogP contribution is 2.23. The van der Waals surface area contributed by atoms with E-state index in [1.165, 1.54) is 5.56 Å². The number of hydrogen-bond acceptors (Lipinski definition) is 4. The number of aliphatic hydroxyl groups is 1. The summed E-state index contributed by atoms with van der Waals surface area (Å²) in [6.07, 6.45) is 0.979. The summed E-state index contributed by atoms with van der Waals surface area (Å²) in [5, 5.41) is 10.5. The van der Waals surface area contributed by atoms with Crippen molar-refractivity contribution in [3.63, 3.8) is 0 Å². The second kappa shape index (κ2) is 6.24. The molecule has 0 saturated carbocycles. The van der Waals surface area contributed by atoms with Gasteiger partial charge in [-0.3, -0.25) is 9.69 Å². The van der Waals surface area contributed by atoms with E-state index in [0.717, 1.165) is 12.3 Å². The molecule has 0 aliphatic carbocycles. The third-order valence-electron chi connectivity index (χ3n) is 3.61. The first-order chi connectivity index (χ1) is 9.47. The average molecular weight is 278 g/mol. The number of rotatable bonds is 6. The number of β-amino-alcohol motifs (C(OH)–C–C–N with tert-alkyl or cyclic N) is 1. The van der Waals surface area contributed by atoms with Crippen LogP contribution in [0.2, 0.25) is 0 Å². The number of likely N-dealkylation sites (tertiary alicyclic amines) is 1. The highest BCUT2D eigenvalue weighted by Gasteiger charge is 2.36. The molecule has 2 rings (SSSR count). The second-order valence-corrected chi connectivity index (χ2v) is 5.57. The Hall–Kier alpha value is -1.59. The van der Waals surface area contributed by atoms with Crippen LogP contribution >= 0.6 is 0 Å². The smallest absolute Gasteiger partial charge is 0.218 e. The number of ether oxygens (including phenoxy) is 1. The summed E-state index contributed by atoms with van der Waals surface area (Å²) in [6, 6.07) is 7.76. The first-order valence-corrected chi connectivity index (χ1v) is 6.89. The summed E-state index contributed by atoms with van der Waals surface area (Å²) in [6.45, 7) is 4.17. The fraction of sp³-hybridized carbons (Fsp3) is 0.533. The fourth-order valence-corrected chi connectivity index (χ4v) is 2.37. The highest BCUT2D eigenvalue weighted by atomic mass is 16.5. The SMILES string of the molecule is Cc1ccc(OCC2(O)CCN(CCC(N)=O)C2)cc1. The molecule has 0 aromatic heterocycles. The molecule has 0 spiro atoms. The van der Waals surface area contributed by atoms with Gasteiger partial charge in [-0.05, 0) is 25.5 Å². The fourth-order valence-electron chi connectivity index (χ4n) is 2.37. The molecule has 1 aliphatic heterocycles. The van der Waals surface area contributed by atoms with Crippen molar-refractivity contribution in [2.75, 3.05) is 26.2 Å². The van der Waals surface area contributed by atoms with Gasteiger partial charge in [0.15, 0.2) is 0 Å². The van der Waals surface area contributed by atoms with Crippen molar-refractivity contribution in [3.05, 3.63) is 29.8 Å². The number of nitrogens with zero attached hydrogens (tertiary/aromatic N) is 1.